The number of nitrogens with zero attached hydrogens (tertiary/aromatic N) is 2. The highest BCUT2D eigenvalue weighted by molar-refractivity contribution is 7.07. The normalized spacial score (nSPS) is 16.3. The van der Waals surface area contributed by atoms with Crippen LogP contribution in [0.2, 0.25) is 0 Å². The summed E-state index contributed by atoms with van der Waals surface area (Å²) in [6, 6.07) is 2.07. The first-order valence-corrected chi connectivity index (χ1v) is 7.08. The quantitative estimate of drug-likeness (QED) is 0.826. The Bertz CT molecular complexity index is 407. The highest BCUT2D eigenvalue weighted by atomic mass is 32.1. The number of carbonyl (C=O) groups excluding carboxylic acids is 2. The Kier molecular flexibility index (Phi) is 4.49. The lowest BCUT2D eigenvalue weighted by Crippen LogP contribution is -2.43. The Labute approximate surface area is 111 Å². The second-order valence-electron chi connectivity index (χ2n) is 4.72. The van der Waals surface area contributed by atoms with Crippen LogP contribution in [-0.2, 0) is 16.1 Å². The van der Waals surface area contributed by atoms with E-state index < -0.39 is 0 Å². The van der Waals surface area contributed by atoms with Crippen molar-refractivity contribution in [1.29, 1.82) is 0 Å². The summed E-state index contributed by atoms with van der Waals surface area (Å²) in [4.78, 5) is 26.9. The third-order valence-electron chi connectivity index (χ3n) is 3.11. The Morgan fingerprint density at radius 2 is 2.17 bits per heavy atom. The molecule has 4 nitrogen and oxygen atoms in total. The number of hydrogen-bond acceptors (Lipinski definition) is 4. The number of likely N-dealkylation sites (tertiary alicyclic amines) is 1. The number of amides is 1. The molecule has 2 rings (SSSR count). The Morgan fingerprint density at radius 1 is 1.44 bits per heavy atom. The summed E-state index contributed by atoms with van der Waals surface area (Å²) in [5.74, 6) is 0.394. The van der Waals surface area contributed by atoms with Crippen LogP contribution in [-0.4, -0.2) is 48.2 Å². The van der Waals surface area contributed by atoms with Crippen LogP contribution in [0.15, 0.2) is 16.8 Å². The van der Waals surface area contributed by atoms with Crippen LogP contribution in [0, 0.1) is 0 Å². The summed E-state index contributed by atoms with van der Waals surface area (Å²) in [5.41, 5.74) is 1.24. The highest BCUT2D eigenvalue weighted by Crippen LogP contribution is 2.10. The number of rotatable bonds is 4. The molecule has 0 bridgehead atoms. The molecule has 2 heterocycles. The topological polar surface area (TPSA) is 40.6 Å². The van der Waals surface area contributed by atoms with Gasteiger partial charge >= 0.3 is 0 Å². The standard InChI is InChI=1S/C13H18N2O2S/c1-14(8-11-4-7-18-10-11)9-13(17)15-5-2-12(16)3-6-15/h4,7,10H,2-3,5-6,8-9H2,1H3. The van der Waals surface area contributed by atoms with Gasteiger partial charge in [-0.25, -0.2) is 0 Å². The SMILES string of the molecule is CN(CC(=O)N1CCC(=O)CC1)Cc1ccsc1. The van der Waals surface area contributed by atoms with E-state index in [0.29, 0.717) is 32.5 Å². The minimum atomic E-state index is 0.125. The van der Waals surface area contributed by atoms with Crippen molar-refractivity contribution in [2.24, 2.45) is 0 Å². The van der Waals surface area contributed by atoms with Gasteiger partial charge in [0.1, 0.15) is 5.78 Å². The number of ketones is 1. The molecule has 0 unspecified atom stereocenters. The van der Waals surface area contributed by atoms with Crippen molar-refractivity contribution in [2.75, 3.05) is 26.7 Å². The first kappa shape index (κ1) is 13.2. The number of carbonyl (C=O) groups is 2. The van der Waals surface area contributed by atoms with Gasteiger partial charge in [0.2, 0.25) is 5.91 Å². The van der Waals surface area contributed by atoms with Crippen molar-refractivity contribution in [2.45, 2.75) is 19.4 Å². The van der Waals surface area contributed by atoms with Crippen LogP contribution in [0.1, 0.15) is 18.4 Å². The number of hydrogen-bond donors (Lipinski definition) is 0. The monoisotopic (exact) mass is 266 g/mol. The molecule has 0 N–H and O–H groups in total. The average molecular weight is 266 g/mol. The highest BCUT2D eigenvalue weighted by Gasteiger charge is 2.21. The summed E-state index contributed by atoms with van der Waals surface area (Å²) in [6.07, 6.45) is 1.03. The molecule has 0 spiro atoms. The van der Waals surface area contributed by atoms with Gasteiger partial charge < -0.3 is 4.90 Å². The summed E-state index contributed by atoms with van der Waals surface area (Å²) in [6.45, 7) is 2.39. The van der Waals surface area contributed by atoms with E-state index in [-0.39, 0.29) is 11.7 Å². The molecule has 1 aliphatic heterocycles. The van der Waals surface area contributed by atoms with Crippen molar-refractivity contribution in [3.05, 3.63) is 22.4 Å². The zero-order valence-electron chi connectivity index (χ0n) is 10.6. The maximum absolute atomic E-state index is 12.0. The predicted octanol–water partition coefficient (Wildman–Crippen LogP) is 1.37. The van der Waals surface area contributed by atoms with E-state index in [0.717, 1.165) is 6.54 Å². The van der Waals surface area contributed by atoms with Crippen molar-refractivity contribution >= 4 is 23.0 Å². The average Bonchev–Trinajstić information content (AvgIpc) is 2.82. The van der Waals surface area contributed by atoms with E-state index >= 15 is 0 Å². The lowest BCUT2D eigenvalue weighted by atomic mass is 10.1. The van der Waals surface area contributed by atoms with Crippen LogP contribution in [0.3, 0.4) is 0 Å². The summed E-state index contributed by atoms with van der Waals surface area (Å²) >= 11 is 1.67. The Hall–Kier alpha value is -1.20. The Morgan fingerprint density at radius 3 is 2.78 bits per heavy atom. The molecule has 1 aliphatic rings. The van der Waals surface area contributed by atoms with Crippen molar-refractivity contribution < 1.29 is 9.59 Å². The third kappa shape index (κ3) is 3.65. The maximum atomic E-state index is 12.0. The van der Waals surface area contributed by atoms with Crippen molar-refractivity contribution in [3.8, 4) is 0 Å². The number of likely N-dealkylation sites (N-methyl/N-ethyl adjacent to an activating group) is 1. The van der Waals surface area contributed by atoms with Gasteiger partial charge in [-0.1, -0.05) is 0 Å². The maximum Gasteiger partial charge on any atom is 0.236 e. The van der Waals surface area contributed by atoms with Gasteiger partial charge in [-0.05, 0) is 29.4 Å². The largest absolute Gasteiger partial charge is 0.341 e. The molecule has 0 aliphatic carbocycles. The summed E-state index contributed by atoms with van der Waals surface area (Å²) in [5, 5.41) is 4.14. The molecule has 0 radical (unpaired) electrons. The molecule has 1 aromatic rings. The zero-order valence-corrected chi connectivity index (χ0v) is 11.4. The molecule has 18 heavy (non-hydrogen) atoms. The lowest BCUT2D eigenvalue weighted by molar-refractivity contribution is -0.135. The number of Topliss-reactive ketones (excluding diaryl/α,β-unsaturated/α-hetero) is 1. The van der Waals surface area contributed by atoms with E-state index in [1.165, 1.54) is 5.56 Å². The lowest BCUT2D eigenvalue weighted by Gasteiger charge is -2.28. The fraction of sp³-hybridized carbons (Fsp3) is 0.538. The van der Waals surface area contributed by atoms with Crippen LogP contribution < -0.4 is 0 Å². The third-order valence-corrected chi connectivity index (χ3v) is 3.84. The molecule has 0 saturated carbocycles. The van der Waals surface area contributed by atoms with E-state index in [1.807, 2.05) is 17.3 Å². The fourth-order valence-electron chi connectivity index (χ4n) is 2.09. The van der Waals surface area contributed by atoms with E-state index in [4.69, 9.17) is 0 Å². The smallest absolute Gasteiger partial charge is 0.236 e. The summed E-state index contributed by atoms with van der Waals surface area (Å²) < 4.78 is 0. The fourth-order valence-corrected chi connectivity index (χ4v) is 2.75. The minimum absolute atomic E-state index is 0.125. The van der Waals surface area contributed by atoms with Gasteiger partial charge in [0.15, 0.2) is 0 Å². The molecule has 0 aromatic carbocycles. The molecule has 0 atom stereocenters. The van der Waals surface area contributed by atoms with Gasteiger partial charge in [-0.2, -0.15) is 11.3 Å². The molecule has 1 saturated heterocycles. The van der Waals surface area contributed by atoms with Gasteiger partial charge in [-0.15, -0.1) is 0 Å². The molecule has 1 fully saturated rings. The second kappa shape index (κ2) is 6.11. The Balaban J connectivity index is 1.78. The van der Waals surface area contributed by atoms with Gasteiger partial charge in [0, 0.05) is 32.5 Å². The van der Waals surface area contributed by atoms with Gasteiger partial charge in [0.05, 0.1) is 6.54 Å². The van der Waals surface area contributed by atoms with Crippen LogP contribution in [0.4, 0.5) is 0 Å². The number of piperidine rings is 1. The first-order valence-electron chi connectivity index (χ1n) is 6.14. The molecule has 1 aromatic heterocycles. The van der Waals surface area contributed by atoms with E-state index in [2.05, 4.69) is 11.4 Å². The molecule has 5 heteroatoms. The second-order valence-corrected chi connectivity index (χ2v) is 5.50. The van der Waals surface area contributed by atoms with E-state index in [1.54, 1.807) is 16.2 Å². The minimum Gasteiger partial charge on any atom is -0.341 e. The first-order chi connectivity index (χ1) is 8.65. The van der Waals surface area contributed by atoms with Crippen LogP contribution >= 0.6 is 11.3 Å². The molecular formula is C13H18N2O2S. The number of thiophene rings is 1. The molecular weight excluding hydrogens is 248 g/mol. The van der Waals surface area contributed by atoms with Crippen molar-refractivity contribution in [1.82, 2.24) is 9.80 Å². The van der Waals surface area contributed by atoms with Gasteiger partial charge in [0.25, 0.3) is 0 Å². The molecule has 1 amide bonds. The van der Waals surface area contributed by atoms with Crippen LogP contribution in [0.25, 0.3) is 0 Å². The van der Waals surface area contributed by atoms with Gasteiger partial charge in [-0.3, -0.25) is 14.5 Å². The summed E-state index contributed by atoms with van der Waals surface area (Å²) in [7, 11) is 1.95. The van der Waals surface area contributed by atoms with Crippen molar-refractivity contribution in [3.63, 3.8) is 0 Å². The predicted molar refractivity (Wildman–Crippen MR) is 71.5 cm³/mol. The van der Waals surface area contributed by atoms with E-state index in [9.17, 15) is 9.59 Å². The van der Waals surface area contributed by atoms with Crippen LogP contribution in [0.5, 0.6) is 0 Å². The zero-order chi connectivity index (χ0) is 13.0. The molecule has 98 valence electrons.